The summed E-state index contributed by atoms with van der Waals surface area (Å²) in [5.41, 5.74) is 1.33. The number of nitrogens with one attached hydrogen (secondary N) is 1. The average molecular weight is 395 g/mol. The highest BCUT2D eigenvalue weighted by molar-refractivity contribution is 6.39. The Morgan fingerprint density at radius 3 is 2.23 bits per heavy atom. The topological polar surface area (TPSA) is 58.6 Å². The van der Waals surface area contributed by atoms with Gasteiger partial charge in [-0.2, -0.15) is 0 Å². The summed E-state index contributed by atoms with van der Waals surface area (Å²) >= 11 is 12.3. The van der Waals surface area contributed by atoms with E-state index in [4.69, 9.17) is 27.9 Å². The van der Waals surface area contributed by atoms with Gasteiger partial charge in [-0.05, 0) is 29.8 Å². The molecule has 0 spiro atoms. The van der Waals surface area contributed by atoms with Crippen LogP contribution in [0.15, 0.2) is 42.5 Å². The van der Waals surface area contributed by atoms with Gasteiger partial charge in [-0.15, -0.1) is 0 Å². The number of hydrogen-bond acceptors (Lipinski definition) is 3. The quantitative estimate of drug-likeness (QED) is 0.778. The smallest absolute Gasteiger partial charge is 0.224 e. The molecule has 0 saturated heterocycles. The van der Waals surface area contributed by atoms with E-state index in [0.717, 1.165) is 11.3 Å². The summed E-state index contributed by atoms with van der Waals surface area (Å²) in [4.78, 5) is 25.5. The maximum atomic E-state index is 12.1. The van der Waals surface area contributed by atoms with Crippen molar-refractivity contribution in [1.29, 1.82) is 0 Å². The maximum absolute atomic E-state index is 12.1. The van der Waals surface area contributed by atoms with Gasteiger partial charge >= 0.3 is 0 Å². The van der Waals surface area contributed by atoms with E-state index in [0.29, 0.717) is 15.7 Å². The second-order valence-corrected chi connectivity index (χ2v) is 6.43. The fourth-order valence-electron chi connectivity index (χ4n) is 2.47. The SMILES string of the molecule is COc1ccc(CC(=O)NCCN(C(C)=O)c2c(Cl)cccc2Cl)cc1. The van der Waals surface area contributed by atoms with E-state index < -0.39 is 0 Å². The number of benzene rings is 2. The predicted octanol–water partition coefficient (Wildman–Crippen LogP) is 3.71. The Balaban J connectivity index is 1.93. The van der Waals surface area contributed by atoms with Crippen molar-refractivity contribution < 1.29 is 14.3 Å². The summed E-state index contributed by atoms with van der Waals surface area (Å²) in [6.07, 6.45) is 0.247. The van der Waals surface area contributed by atoms with Crippen LogP contribution in [0, 0.1) is 0 Å². The zero-order valence-electron chi connectivity index (χ0n) is 14.6. The van der Waals surface area contributed by atoms with Crippen molar-refractivity contribution >= 4 is 40.7 Å². The minimum absolute atomic E-state index is 0.135. The number of carbonyl (C=O) groups excluding carboxylic acids is 2. The maximum Gasteiger partial charge on any atom is 0.224 e. The van der Waals surface area contributed by atoms with Gasteiger partial charge in [0.05, 0.1) is 29.3 Å². The highest BCUT2D eigenvalue weighted by Crippen LogP contribution is 2.33. The molecule has 0 aliphatic carbocycles. The first-order valence-corrected chi connectivity index (χ1v) is 8.79. The van der Waals surface area contributed by atoms with E-state index >= 15 is 0 Å². The second-order valence-electron chi connectivity index (χ2n) is 5.62. The third-order valence-electron chi connectivity index (χ3n) is 3.77. The van der Waals surface area contributed by atoms with Gasteiger partial charge in [0.15, 0.2) is 0 Å². The van der Waals surface area contributed by atoms with Crippen LogP contribution >= 0.6 is 23.2 Å². The van der Waals surface area contributed by atoms with Gasteiger partial charge in [0.2, 0.25) is 11.8 Å². The fraction of sp³-hybridized carbons (Fsp3) is 0.263. The molecule has 2 aromatic rings. The third kappa shape index (κ3) is 5.38. The van der Waals surface area contributed by atoms with Crippen LogP contribution in [0.3, 0.4) is 0 Å². The summed E-state index contributed by atoms with van der Waals surface area (Å²) in [7, 11) is 1.59. The first-order chi connectivity index (χ1) is 12.4. The number of rotatable bonds is 7. The Labute approximate surface area is 162 Å². The van der Waals surface area contributed by atoms with E-state index in [1.807, 2.05) is 12.1 Å². The van der Waals surface area contributed by atoms with Crippen LogP contribution in [0.25, 0.3) is 0 Å². The number of nitrogens with zero attached hydrogens (tertiary/aromatic N) is 1. The summed E-state index contributed by atoms with van der Waals surface area (Å²) in [5.74, 6) is 0.399. The lowest BCUT2D eigenvalue weighted by Gasteiger charge is -2.23. The molecular weight excluding hydrogens is 375 g/mol. The molecule has 1 N–H and O–H groups in total. The molecular formula is C19H20Cl2N2O3. The Morgan fingerprint density at radius 2 is 1.69 bits per heavy atom. The van der Waals surface area contributed by atoms with Gasteiger partial charge in [-0.1, -0.05) is 41.4 Å². The minimum atomic E-state index is -0.204. The van der Waals surface area contributed by atoms with Crippen LogP contribution in [-0.2, 0) is 16.0 Å². The van der Waals surface area contributed by atoms with Crippen molar-refractivity contribution in [2.75, 3.05) is 25.1 Å². The molecule has 0 aliphatic heterocycles. The molecule has 0 heterocycles. The number of carbonyl (C=O) groups is 2. The number of methoxy groups -OCH3 is 1. The Hall–Kier alpha value is -2.24. The molecule has 138 valence electrons. The number of para-hydroxylation sites is 1. The highest BCUT2D eigenvalue weighted by Gasteiger charge is 2.18. The fourth-order valence-corrected chi connectivity index (χ4v) is 3.07. The van der Waals surface area contributed by atoms with Gasteiger partial charge in [-0.3, -0.25) is 9.59 Å². The third-order valence-corrected chi connectivity index (χ3v) is 4.38. The lowest BCUT2D eigenvalue weighted by Crippen LogP contribution is -2.38. The number of hydrogen-bond donors (Lipinski definition) is 1. The van der Waals surface area contributed by atoms with Crippen molar-refractivity contribution in [2.24, 2.45) is 0 Å². The van der Waals surface area contributed by atoms with Crippen LogP contribution in [-0.4, -0.2) is 32.0 Å². The van der Waals surface area contributed by atoms with E-state index in [-0.39, 0.29) is 31.3 Å². The molecule has 0 bridgehead atoms. The van der Waals surface area contributed by atoms with E-state index in [9.17, 15) is 9.59 Å². The Kier molecular flexibility index (Phi) is 7.30. The molecule has 7 heteroatoms. The standard InChI is InChI=1S/C19H20Cl2N2O3/c1-13(24)23(19-16(20)4-3-5-17(19)21)11-10-22-18(25)12-14-6-8-15(26-2)9-7-14/h3-9H,10-12H2,1-2H3,(H,22,25). The summed E-state index contributed by atoms with van der Waals surface area (Å²) in [5, 5.41) is 3.58. The van der Waals surface area contributed by atoms with Crippen molar-refractivity contribution in [2.45, 2.75) is 13.3 Å². The molecule has 0 aliphatic rings. The Bertz CT molecular complexity index is 759. The van der Waals surface area contributed by atoms with Gasteiger partial charge in [0, 0.05) is 20.0 Å². The average Bonchev–Trinajstić information content (AvgIpc) is 2.60. The summed E-state index contributed by atoms with van der Waals surface area (Å²) < 4.78 is 5.09. The van der Waals surface area contributed by atoms with Gasteiger partial charge in [-0.25, -0.2) is 0 Å². The first-order valence-electron chi connectivity index (χ1n) is 8.04. The van der Waals surface area contributed by atoms with Gasteiger partial charge < -0.3 is 15.0 Å². The summed E-state index contributed by atoms with van der Waals surface area (Å²) in [6, 6.07) is 12.3. The highest BCUT2D eigenvalue weighted by atomic mass is 35.5. The molecule has 0 radical (unpaired) electrons. The molecule has 0 fully saturated rings. The van der Waals surface area contributed by atoms with Crippen LogP contribution in [0.5, 0.6) is 5.75 Å². The van der Waals surface area contributed by atoms with Gasteiger partial charge in [0.25, 0.3) is 0 Å². The van der Waals surface area contributed by atoms with E-state index in [1.54, 1.807) is 37.4 Å². The number of ether oxygens (including phenoxy) is 1. The van der Waals surface area contributed by atoms with Gasteiger partial charge in [0.1, 0.15) is 5.75 Å². The van der Waals surface area contributed by atoms with Crippen molar-refractivity contribution in [3.63, 3.8) is 0 Å². The van der Waals surface area contributed by atoms with Crippen LogP contribution in [0.4, 0.5) is 5.69 Å². The zero-order valence-corrected chi connectivity index (χ0v) is 16.1. The molecule has 5 nitrogen and oxygen atoms in total. The lowest BCUT2D eigenvalue weighted by molar-refractivity contribution is -0.121. The largest absolute Gasteiger partial charge is 0.497 e. The Morgan fingerprint density at radius 1 is 1.08 bits per heavy atom. The van der Waals surface area contributed by atoms with Crippen molar-refractivity contribution in [3.8, 4) is 5.75 Å². The van der Waals surface area contributed by atoms with E-state index in [1.165, 1.54) is 11.8 Å². The monoisotopic (exact) mass is 394 g/mol. The molecule has 0 unspecified atom stereocenters. The molecule has 26 heavy (non-hydrogen) atoms. The van der Waals surface area contributed by atoms with Crippen LogP contribution < -0.4 is 15.0 Å². The van der Waals surface area contributed by atoms with Crippen molar-refractivity contribution in [1.82, 2.24) is 5.32 Å². The number of anilines is 1. The molecule has 0 saturated carbocycles. The number of amides is 2. The van der Waals surface area contributed by atoms with Crippen LogP contribution in [0.2, 0.25) is 10.0 Å². The molecule has 2 aromatic carbocycles. The van der Waals surface area contributed by atoms with E-state index in [2.05, 4.69) is 5.32 Å². The summed E-state index contributed by atoms with van der Waals surface area (Å²) in [6.45, 7) is 1.99. The second kappa shape index (κ2) is 9.46. The minimum Gasteiger partial charge on any atom is -0.497 e. The lowest BCUT2D eigenvalue weighted by atomic mass is 10.1. The zero-order chi connectivity index (χ0) is 19.1. The molecule has 2 amide bonds. The molecule has 0 aromatic heterocycles. The first kappa shape index (κ1) is 20.1. The molecule has 2 rings (SSSR count). The predicted molar refractivity (Wildman–Crippen MR) is 104 cm³/mol. The number of halogens is 2. The molecule has 0 atom stereocenters. The normalized spacial score (nSPS) is 10.3. The van der Waals surface area contributed by atoms with Crippen molar-refractivity contribution in [3.05, 3.63) is 58.1 Å². The van der Waals surface area contributed by atoms with Crippen LogP contribution in [0.1, 0.15) is 12.5 Å².